The standard InChI is InChI=1S/C23H32FNOSi/c1-22(2,3)27(20-10-6-4-7-11-20,21-12-8-5-9-13-21)26-19-16-23(24)14-17-25-18-15-23/h4-13,25H,14-19H2,1-3H3. The van der Waals surface area contributed by atoms with E-state index in [4.69, 9.17) is 4.43 Å². The first-order chi connectivity index (χ1) is 12.9. The number of rotatable bonds is 6. The minimum absolute atomic E-state index is 0.0622. The van der Waals surface area contributed by atoms with E-state index >= 15 is 4.39 Å². The van der Waals surface area contributed by atoms with Gasteiger partial charge >= 0.3 is 0 Å². The maximum absolute atomic E-state index is 15.1. The van der Waals surface area contributed by atoms with Gasteiger partial charge in [0.25, 0.3) is 8.32 Å². The largest absolute Gasteiger partial charge is 0.407 e. The molecule has 0 saturated carbocycles. The molecule has 146 valence electrons. The third-order valence-corrected chi connectivity index (χ3v) is 10.8. The van der Waals surface area contributed by atoms with Crippen LogP contribution >= 0.6 is 0 Å². The van der Waals surface area contributed by atoms with Crippen LogP contribution in [0.25, 0.3) is 0 Å². The molecule has 1 aliphatic heterocycles. The van der Waals surface area contributed by atoms with E-state index in [2.05, 4.69) is 74.6 Å². The van der Waals surface area contributed by atoms with E-state index in [9.17, 15) is 0 Å². The highest BCUT2D eigenvalue weighted by atomic mass is 28.4. The van der Waals surface area contributed by atoms with Crippen LogP contribution in [0.4, 0.5) is 4.39 Å². The average Bonchev–Trinajstić information content (AvgIpc) is 2.66. The summed E-state index contributed by atoms with van der Waals surface area (Å²) in [5, 5.41) is 5.69. The lowest BCUT2D eigenvalue weighted by molar-refractivity contribution is 0.0826. The topological polar surface area (TPSA) is 21.3 Å². The molecule has 1 aliphatic rings. The van der Waals surface area contributed by atoms with Crippen molar-refractivity contribution >= 4 is 18.7 Å². The molecular weight excluding hydrogens is 353 g/mol. The molecule has 0 aliphatic carbocycles. The third-order valence-electron chi connectivity index (χ3n) is 5.79. The minimum Gasteiger partial charge on any atom is -0.407 e. The molecule has 1 saturated heterocycles. The van der Waals surface area contributed by atoms with Crippen LogP contribution in [0.5, 0.6) is 0 Å². The van der Waals surface area contributed by atoms with Crippen molar-refractivity contribution < 1.29 is 8.82 Å². The number of nitrogens with one attached hydrogen (secondary N) is 1. The van der Waals surface area contributed by atoms with Gasteiger partial charge in [0.05, 0.1) is 0 Å². The Hall–Kier alpha value is -1.49. The Morgan fingerprint density at radius 2 is 1.41 bits per heavy atom. The summed E-state index contributed by atoms with van der Waals surface area (Å²) in [5.74, 6) is 0. The number of hydrogen-bond acceptors (Lipinski definition) is 2. The summed E-state index contributed by atoms with van der Waals surface area (Å²) >= 11 is 0. The first kappa shape index (κ1) is 20.2. The van der Waals surface area contributed by atoms with Crippen LogP contribution in [0.1, 0.15) is 40.0 Å². The number of alkyl halides is 1. The average molecular weight is 386 g/mol. The van der Waals surface area contributed by atoms with Crippen molar-refractivity contribution in [3.05, 3.63) is 60.7 Å². The molecule has 0 atom stereocenters. The Labute approximate surface area is 164 Å². The fourth-order valence-electron chi connectivity index (χ4n) is 4.27. The van der Waals surface area contributed by atoms with Crippen LogP contribution in [0, 0.1) is 0 Å². The summed E-state index contributed by atoms with van der Waals surface area (Å²) in [6, 6.07) is 21.1. The van der Waals surface area contributed by atoms with Gasteiger partial charge in [-0.25, -0.2) is 4.39 Å². The van der Waals surface area contributed by atoms with Gasteiger partial charge < -0.3 is 9.74 Å². The van der Waals surface area contributed by atoms with E-state index in [1.807, 2.05) is 12.1 Å². The highest BCUT2D eigenvalue weighted by Gasteiger charge is 2.50. The van der Waals surface area contributed by atoms with Gasteiger partial charge in [0, 0.05) is 13.0 Å². The fourth-order valence-corrected chi connectivity index (χ4v) is 8.84. The van der Waals surface area contributed by atoms with E-state index in [1.54, 1.807) is 0 Å². The van der Waals surface area contributed by atoms with E-state index in [0.29, 0.717) is 25.9 Å². The molecule has 0 unspecified atom stereocenters. The highest BCUT2D eigenvalue weighted by molar-refractivity contribution is 6.99. The van der Waals surface area contributed by atoms with Crippen LogP contribution in [0.3, 0.4) is 0 Å². The zero-order valence-electron chi connectivity index (χ0n) is 16.8. The lowest BCUT2D eigenvalue weighted by Gasteiger charge is -2.43. The maximum Gasteiger partial charge on any atom is 0.261 e. The summed E-state index contributed by atoms with van der Waals surface area (Å²) in [4.78, 5) is 0. The molecule has 4 heteroatoms. The first-order valence-corrected chi connectivity index (χ1v) is 11.9. The summed E-state index contributed by atoms with van der Waals surface area (Å²) in [7, 11) is -2.55. The van der Waals surface area contributed by atoms with Crippen LogP contribution in [0.2, 0.25) is 5.04 Å². The highest BCUT2D eigenvalue weighted by Crippen LogP contribution is 2.37. The van der Waals surface area contributed by atoms with Gasteiger partial charge in [0.2, 0.25) is 0 Å². The third kappa shape index (κ3) is 4.34. The van der Waals surface area contributed by atoms with E-state index in [-0.39, 0.29) is 5.04 Å². The molecular formula is C23H32FNOSi. The second kappa shape index (κ2) is 8.25. The Morgan fingerprint density at radius 1 is 0.926 bits per heavy atom. The second-order valence-corrected chi connectivity index (χ2v) is 13.0. The Balaban J connectivity index is 1.94. The molecule has 0 amide bonds. The maximum atomic E-state index is 15.1. The molecule has 3 rings (SSSR count). The lowest BCUT2D eigenvalue weighted by atomic mass is 9.91. The molecule has 1 fully saturated rings. The lowest BCUT2D eigenvalue weighted by Crippen LogP contribution is -2.66. The summed E-state index contributed by atoms with van der Waals surface area (Å²) in [6.45, 7) is 8.76. The predicted molar refractivity (Wildman–Crippen MR) is 114 cm³/mol. The Bertz CT molecular complexity index is 669. The number of piperidine rings is 1. The predicted octanol–water partition coefficient (Wildman–Crippen LogP) is 4.04. The van der Waals surface area contributed by atoms with Crippen LogP contribution < -0.4 is 15.7 Å². The molecule has 0 spiro atoms. The molecule has 0 radical (unpaired) electrons. The molecule has 2 aromatic carbocycles. The molecule has 1 heterocycles. The van der Waals surface area contributed by atoms with Crippen LogP contribution in [-0.4, -0.2) is 33.7 Å². The van der Waals surface area contributed by atoms with Gasteiger partial charge in [-0.2, -0.15) is 0 Å². The summed E-state index contributed by atoms with van der Waals surface area (Å²) in [6.07, 6.45) is 1.63. The molecule has 0 bridgehead atoms. The summed E-state index contributed by atoms with van der Waals surface area (Å²) in [5.41, 5.74) is -1.10. The van der Waals surface area contributed by atoms with Gasteiger partial charge in [-0.3, -0.25) is 0 Å². The van der Waals surface area contributed by atoms with Gasteiger partial charge in [-0.1, -0.05) is 81.4 Å². The quantitative estimate of drug-likeness (QED) is 0.758. The Morgan fingerprint density at radius 3 is 1.85 bits per heavy atom. The molecule has 2 aromatic rings. The number of benzene rings is 2. The number of halogens is 1. The van der Waals surface area contributed by atoms with Gasteiger partial charge in [0.1, 0.15) is 5.67 Å². The van der Waals surface area contributed by atoms with Gasteiger partial charge in [-0.15, -0.1) is 0 Å². The molecule has 1 N–H and O–H groups in total. The molecule has 2 nitrogen and oxygen atoms in total. The van der Waals surface area contributed by atoms with Gasteiger partial charge in [0.15, 0.2) is 0 Å². The molecule has 0 aromatic heterocycles. The van der Waals surface area contributed by atoms with Crippen molar-refractivity contribution in [2.75, 3.05) is 19.7 Å². The van der Waals surface area contributed by atoms with Crippen molar-refractivity contribution in [3.8, 4) is 0 Å². The van der Waals surface area contributed by atoms with Crippen molar-refractivity contribution in [3.63, 3.8) is 0 Å². The van der Waals surface area contributed by atoms with Crippen LogP contribution in [-0.2, 0) is 4.43 Å². The molecule has 27 heavy (non-hydrogen) atoms. The van der Waals surface area contributed by atoms with Crippen molar-refractivity contribution in [2.24, 2.45) is 0 Å². The van der Waals surface area contributed by atoms with Crippen molar-refractivity contribution in [1.29, 1.82) is 0 Å². The smallest absolute Gasteiger partial charge is 0.261 e. The van der Waals surface area contributed by atoms with E-state index in [0.717, 1.165) is 13.1 Å². The Kier molecular flexibility index (Phi) is 6.19. The normalized spacial score (nSPS) is 17.6. The van der Waals surface area contributed by atoms with E-state index < -0.39 is 14.0 Å². The zero-order chi connectivity index (χ0) is 19.4. The van der Waals surface area contributed by atoms with Crippen LogP contribution in [0.15, 0.2) is 60.7 Å². The second-order valence-electron chi connectivity index (χ2n) is 8.66. The fraction of sp³-hybridized carbons (Fsp3) is 0.478. The van der Waals surface area contributed by atoms with Gasteiger partial charge in [-0.05, 0) is 41.3 Å². The zero-order valence-corrected chi connectivity index (χ0v) is 17.8. The first-order valence-electron chi connectivity index (χ1n) is 10.0. The minimum atomic E-state index is -2.55. The van der Waals surface area contributed by atoms with E-state index in [1.165, 1.54) is 10.4 Å². The van der Waals surface area contributed by atoms with Crippen molar-refractivity contribution in [2.45, 2.75) is 50.7 Å². The monoisotopic (exact) mass is 385 g/mol. The SMILES string of the molecule is CC(C)(C)[Si](OCCC1(F)CCNCC1)(c1ccccc1)c1ccccc1. The van der Waals surface area contributed by atoms with Crippen molar-refractivity contribution in [1.82, 2.24) is 5.32 Å². The summed E-state index contributed by atoms with van der Waals surface area (Å²) < 4.78 is 22.0. The number of hydrogen-bond donors (Lipinski definition) is 1.